The van der Waals surface area contributed by atoms with Crippen LogP contribution < -0.4 is 9.64 Å². The molecule has 2 aliphatic carbocycles. The number of hydrogen-bond acceptors (Lipinski definition) is 3. The Kier molecular flexibility index (Phi) is 3.44. The van der Waals surface area contributed by atoms with Crippen molar-refractivity contribution in [2.75, 3.05) is 4.90 Å². The Labute approximate surface area is 156 Å². The van der Waals surface area contributed by atoms with E-state index in [-0.39, 0.29) is 35.5 Å². The van der Waals surface area contributed by atoms with Crippen LogP contribution in [0.2, 0.25) is 5.02 Å². The molecule has 2 amide bonds. The lowest BCUT2D eigenvalue weighted by molar-refractivity contribution is -0.123. The molecule has 1 aliphatic heterocycles. The fourth-order valence-corrected chi connectivity index (χ4v) is 4.58. The zero-order valence-corrected chi connectivity index (χ0v) is 14.6. The van der Waals surface area contributed by atoms with Crippen molar-refractivity contribution < 1.29 is 14.3 Å². The van der Waals surface area contributed by atoms with Crippen molar-refractivity contribution in [3.63, 3.8) is 0 Å². The van der Waals surface area contributed by atoms with Crippen molar-refractivity contribution in [1.29, 1.82) is 0 Å². The SMILES string of the molecule is O=C1[C@@H]2[C@H](C(=O)N1c1ccc(Oc3ccc(Cl)cc3)cc1)[C@@H]1C=C[C@H]2C1. The number of ether oxygens (including phenoxy) is 1. The van der Waals surface area contributed by atoms with Crippen molar-refractivity contribution in [3.8, 4) is 11.5 Å². The van der Waals surface area contributed by atoms with E-state index in [1.165, 1.54) is 4.90 Å². The van der Waals surface area contributed by atoms with E-state index in [1.54, 1.807) is 48.5 Å². The van der Waals surface area contributed by atoms with Gasteiger partial charge in [-0.25, -0.2) is 0 Å². The molecule has 4 nitrogen and oxygen atoms in total. The third kappa shape index (κ3) is 2.29. The molecule has 0 aromatic heterocycles. The first-order valence-corrected chi connectivity index (χ1v) is 9.09. The van der Waals surface area contributed by atoms with Crippen LogP contribution in [0.3, 0.4) is 0 Å². The summed E-state index contributed by atoms with van der Waals surface area (Å²) in [5, 5.41) is 0.646. The molecule has 0 radical (unpaired) electrons. The lowest BCUT2D eigenvalue weighted by atomic mass is 9.85. The number of fused-ring (bicyclic) bond motifs is 5. The Bertz CT molecular complexity index is 889. The predicted octanol–water partition coefficient (Wildman–Crippen LogP) is 4.44. The van der Waals surface area contributed by atoms with E-state index >= 15 is 0 Å². The highest BCUT2D eigenvalue weighted by atomic mass is 35.5. The first kappa shape index (κ1) is 15.6. The Morgan fingerprint density at radius 1 is 0.808 bits per heavy atom. The fourth-order valence-electron chi connectivity index (χ4n) is 4.46. The molecule has 0 spiro atoms. The number of halogens is 1. The van der Waals surface area contributed by atoms with Gasteiger partial charge in [-0.05, 0) is 66.8 Å². The number of rotatable bonds is 3. The molecule has 5 rings (SSSR count). The lowest BCUT2D eigenvalue weighted by Crippen LogP contribution is -2.32. The highest BCUT2D eigenvalue weighted by Gasteiger charge is 2.59. The molecule has 2 fully saturated rings. The zero-order chi connectivity index (χ0) is 17.8. The molecule has 0 unspecified atom stereocenters. The molecule has 1 saturated heterocycles. The maximum Gasteiger partial charge on any atom is 0.238 e. The average molecular weight is 366 g/mol. The Hall–Kier alpha value is -2.59. The summed E-state index contributed by atoms with van der Waals surface area (Å²) >= 11 is 5.87. The van der Waals surface area contributed by atoms with Crippen LogP contribution in [0, 0.1) is 23.7 Å². The van der Waals surface area contributed by atoms with Gasteiger partial charge in [0.15, 0.2) is 0 Å². The van der Waals surface area contributed by atoms with Crippen molar-refractivity contribution in [3.05, 3.63) is 65.7 Å². The van der Waals surface area contributed by atoms with Crippen molar-refractivity contribution in [2.24, 2.45) is 23.7 Å². The van der Waals surface area contributed by atoms with Crippen molar-refractivity contribution in [1.82, 2.24) is 0 Å². The molecule has 2 aromatic rings. The molecule has 130 valence electrons. The van der Waals surface area contributed by atoms with E-state index in [2.05, 4.69) is 12.2 Å². The highest BCUT2D eigenvalue weighted by Crippen LogP contribution is 2.53. The smallest absolute Gasteiger partial charge is 0.238 e. The molecule has 2 aromatic carbocycles. The number of carbonyl (C=O) groups excluding carboxylic acids is 2. The minimum Gasteiger partial charge on any atom is -0.457 e. The Morgan fingerprint density at radius 2 is 1.31 bits per heavy atom. The predicted molar refractivity (Wildman–Crippen MR) is 98.2 cm³/mol. The third-order valence-electron chi connectivity index (χ3n) is 5.61. The van der Waals surface area contributed by atoms with Gasteiger partial charge in [-0.1, -0.05) is 23.8 Å². The molecule has 4 atom stereocenters. The van der Waals surface area contributed by atoms with Gasteiger partial charge in [0.05, 0.1) is 17.5 Å². The van der Waals surface area contributed by atoms with Gasteiger partial charge in [0.2, 0.25) is 11.8 Å². The number of anilines is 1. The Morgan fingerprint density at radius 3 is 1.85 bits per heavy atom. The topological polar surface area (TPSA) is 46.6 Å². The van der Waals surface area contributed by atoms with Gasteiger partial charge < -0.3 is 4.74 Å². The quantitative estimate of drug-likeness (QED) is 0.596. The molecule has 1 saturated carbocycles. The van der Waals surface area contributed by atoms with Gasteiger partial charge in [-0.3, -0.25) is 14.5 Å². The van der Waals surface area contributed by atoms with Gasteiger partial charge in [0.1, 0.15) is 11.5 Å². The van der Waals surface area contributed by atoms with E-state index in [4.69, 9.17) is 16.3 Å². The summed E-state index contributed by atoms with van der Waals surface area (Å²) in [4.78, 5) is 27.0. The molecule has 26 heavy (non-hydrogen) atoms. The molecule has 0 N–H and O–H groups in total. The lowest BCUT2D eigenvalue weighted by Gasteiger charge is -2.17. The Balaban J connectivity index is 1.37. The first-order valence-electron chi connectivity index (χ1n) is 8.71. The molecular weight excluding hydrogens is 350 g/mol. The van der Waals surface area contributed by atoms with E-state index in [9.17, 15) is 9.59 Å². The monoisotopic (exact) mass is 365 g/mol. The minimum absolute atomic E-state index is 0.0665. The molecule has 3 aliphatic rings. The summed E-state index contributed by atoms with van der Waals surface area (Å²) in [6.07, 6.45) is 5.14. The number of carbonyl (C=O) groups is 2. The van der Waals surface area contributed by atoms with Gasteiger partial charge in [-0.2, -0.15) is 0 Å². The summed E-state index contributed by atoms with van der Waals surface area (Å²) < 4.78 is 5.77. The summed E-state index contributed by atoms with van der Waals surface area (Å²) in [6, 6.07) is 14.1. The zero-order valence-electron chi connectivity index (χ0n) is 13.8. The number of imide groups is 1. The van der Waals surface area contributed by atoms with E-state index in [0.717, 1.165) is 6.42 Å². The second-order valence-corrected chi connectivity index (χ2v) is 7.50. The number of allylic oxidation sites excluding steroid dienone is 2. The number of amides is 2. The maximum absolute atomic E-state index is 12.8. The van der Waals surface area contributed by atoms with E-state index in [0.29, 0.717) is 22.2 Å². The molecule has 5 heteroatoms. The second kappa shape index (κ2) is 5.71. The van der Waals surface area contributed by atoms with Gasteiger partial charge >= 0.3 is 0 Å². The summed E-state index contributed by atoms with van der Waals surface area (Å²) in [5.41, 5.74) is 0.609. The maximum atomic E-state index is 12.8. The number of benzene rings is 2. The largest absolute Gasteiger partial charge is 0.457 e. The number of hydrogen-bond donors (Lipinski definition) is 0. The summed E-state index contributed by atoms with van der Waals surface area (Å²) in [6.45, 7) is 0. The average Bonchev–Trinajstić information content (AvgIpc) is 3.32. The highest BCUT2D eigenvalue weighted by molar-refractivity contribution is 6.30. The van der Waals surface area contributed by atoms with Crippen LogP contribution in [-0.2, 0) is 9.59 Å². The van der Waals surface area contributed by atoms with Crippen LogP contribution in [-0.4, -0.2) is 11.8 Å². The van der Waals surface area contributed by atoms with E-state index in [1.807, 2.05) is 0 Å². The van der Waals surface area contributed by atoms with Gasteiger partial charge in [0.25, 0.3) is 0 Å². The van der Waals surface area contributed by atoms with Crippen LogP contribution in [0.25, 0.3) is 0 Å². The number of nitrogens with zero attached hydrogens (tertiary/aromatic N) is 1. The van der Waals surface area contributed by atoms with Gasteiger partial charge in [0, 0.05) is 5.02 Å². The van der Waals surface area contributed by atoms with Crippen LogP contribution in [0.4, 0.5) is 5.69 Å². The van der Waals surface area contributed by atoms with Crippen molar-refractivity contribution in [2.45, 2.75) is 6.42 Å². The van der Waals surface area contributed by atoms with Crippen molar-refractivity contribution >= 4 is 29.1 Å². The molecular formula is C21H16ClNO3. The van der Waals surface area contributed by atoms with E-state index < -0.39 is 0 Å². The van der Waals surface area contributed by atoms with Crippen LogP contribution in [0.5, 0.6) is 11.5 Å². The van der Waals surface area contributed by atoms with Crippen LogP contribution in [0.15, 0.2) is 60.7 Å². The molecule has 1 heterocycles. The second-order valence-electron chi connectivity index (χ2n) is 7.06. The van der Waals surface area contributed by atoms with Gasteiger partial charge in [-0.15, -0.1) is 0 Å². The fraction of sp³-hybridized carbons (Fsp3) is 0.238. The standard InChI is InChI=1S/C21H16ClNO3/c22-14-3-7-16(8-4-14)26-17-9-5-15(6-10-17)23-20(24)18-12-1-2-13(11-12)19(18)21(23)25/h1-10,12-13,18-19H,11H2/t12-,13+,18-,19+. The first-order chi connectivity index (χ1) is 12.6. The van der Waals surface area contributed by atoms with Crippen LogP contribution >= 0.6 is 11.6 Å². The summed E-state index contributed by atoms with van der Waals surface area (Å²) in [7, 11) is 0. The third-order valence-corrected chi connectivity index (χ3v) is 5.87. The van der Waals surface area contributed by atoms with Crippen LogP contribution in [0.1, 0.15) is 6.42 Å². The molecule has 2 bridgehead atoms. The summed E-state index contributed by atoms with van der Waals surface area (Å²) in [5.74, 6) is 1.26. The normalized spacial score (nSPS) is 28.7. The minimum atomic E-state index is -0.178.